The Morgan fingerprint density at radius 1 is 1.25 bits per heavy atom. The van der Waals surface area contributed by atoms with Gasteiger partial charge in [0.05, 0.1) is 5.92 Å². The number of anilines is 2. The molecule has 1 aromatic carbocycles. The molecule has 1 aliphatic heterocycles. The van der Waals surface area contributed by atoms with Gasteiger partial charge in [0.1, 0.15) is 0 Å². The van der Waals surface area contributed by atoms with Crippen LogP contribution in [0.4, 0.5) is 10.8 Å². The van der Waals surface area contributed by atoms with E-state index in [2.05, 4.69) is 46.5 Å². The van der Waals surface area contributed by atoms with Crippen LogP contribution >= 0.6 is 11.3 Å². The number of amides is 2. The maximum Gasteiger partial charge on any atom is 0.228 e. The van der Waals surface area contributed by atoms with Gasteiger partial charge >= 0.3 is 0 Å². The number of hydrogen-bond donors (Lipinski definition) is 2. The van der Waals surface area contributed by atoms with Gasteiger partial charge in [0, 0.05) is 36.8 Å². The third-order valence-electron chi connectivity index (χ3n) is 4.94. The Hall–Kier alpha value is -2.25. The van der Waals surface area contributed by atoms with E-state index in [1.54, 1.807) is 6.20 Å². The summed E-state index contributed by atoms with van der Waals surface area (Å²) in [5.74, 6) is 0.443. The Morgan fingerprint density at radius 2 is 2.00 bits per heavy atom. The van der Waals surface area contributed by atoms with Crippen molar-refractivity contribution < 1.29 is 9.59 Å². The highest BCUT2D eigenvalue weighted by Gasteiger charge is 2.26. The molecular formula is C21H28N4O2S. The van der Waals surface area contributed by atoms with Crippen LogP contribution in [-0.4, -0.2) is 34.8 Å². The van der Waals surface area contributed by atoms with Crippen molar-refractivity contribution in [2.75, 3.05) is 23.7 Å². The molecule has 0 bridgehead atoms. The molecule has 1 saturated heterocycles. The highest BCUT2D eigenvalue weighted by atomic mass is 32.1. The molecule has 0 radical (unpaired) electrons. The Balaban J connectivity index is 1.54. The first-order chi connectivity index (χ1) is 13.4. The first kappa shape index (κ1) is 20.5. The van der Waals surface area contributed by atoms with Crippen LogP contribution in [0.15, 0.2) is 30.5 Å². The highest BCUT2D eigenvalue weighted by Crippen LogP contribution is 2.24. The molecule has 1 fully saturated rings. The molecule has 1 aliphatic rings. The largest absolute Gasteiger partial charge is 0.326 e. The minimum absolute atomic E-state index is 0.0127. The van der Waals surface area contributed by atoms with Crippen LogP contribution in [0.2, 0.25) is 0 Å². The average molecular weight is 401 g/mol. The van der Waals surface area contributed by atoms with Crippen molar-refractivity contribution in [3.8, 4) is 0 Å². The van der Waals surface area contributed by atoms with Gasteiger partial charge in [-0.1, -0.05) is 26.0 Å². The van der Waals surface area contributed by atoms with Crippen molar-refractivity contribution in [3.05, 3.63) is 40.9 Å². The fourth-order valence-electron chi connectivity index (χ4n) is 3.42. The third kappa shape index (κ3) is 5.62. The molecule has 0 spiro atoms. The molecule has 2 N–H and O–H groups in total. The van der Waals surface area contributed by atoms with Gasteiger partial charge in [0.15, 0.2) is 5.13 Å². The Bertz CT molecular complexity index is 816. The summed E-state index contributed by atoms with van der Waals surface area (Å²) < 4.78 is 0. The van der Waals surface area contributed by atoms with Crippen molar-refractivity contribution >= 4 is 34.0 Å². The summed E-state index contributed by atoms with van der Waals surface area (Å²) >= 11 is 1.49. The molecule has 2 amide bonds. The fraction of sp³-hybridized carbons (Fsp3) is 0.476. The zero-order valence-electron chi connectivity index (χ0n) is 16.7. The van der Waals surface area contributed by atoms with Crippen LogP contribution in [0.1, 0.15) is 50.0 Å². The molecule has 1 unspecified atom stereocenters. The van der Waals surface area contributed by atoms with E-state index < -0.39 is 0 Å². The van der Waals surface area contributed by atoms with Gasteiger partial charge in [-0.15, -0.1) is 11.3 Å². The number of rotatable bonds is 6. The molecule has 2 heterocycles. The van der Waals surface area contributed by atoms with E-state index in [4.69, 9.17) is 0 Å². The summed E-state index contributed by atoms with van der Waals surface area (Å²) in [6.45, 7) is 8.26. The normalized spacial score (nSPS) is 17.5. The maximum absolute atomic E-state index is 12.7. The first-order valence-corrected chi connectivity index (χ1v) is 10.6. The number of hydrogen-bond acceptors (Lipinski definition) is 5. The van der Waals surface area contributed by atoms with E-state index in [9.17, 15) is 9.59 Å². The van der Waals surface area contributed by atoms with E-state index in [-0.39, 0.29) is 17.7 Å². The monoisotopic (exact) mass is 400 g/mol. The molecule has 7 heteroatoms. The van der Waals surface area contributed by atoms with E-state index in [0.29, 0.717) is 11.0 Å². The van der Waals surface area contributed by atoms with Crippen LogP contribution < -0.4 is 10.6 Å². The number of aromatic nitrogens is 1. The van der Waals surface area contributed by atoms with Crippen LogP contribution in [0.25, 0.3) is 0 Å². The lowest BCUT2D eigenvalue weighted by Crippen LogP contribution is -2.40. The van der Waals surface area contributed by atoms with Crippen LogP contribution in [0, 0.1) is 5.92 Å². The van der Waals surface area contributed by atoms with Gasteiger partial charge in [-0.3, -0.25) is 14.5 Å². The average Bonchev–Trinajstić information content (AvgIpc) is 3.08. The predicted molar refractivity (Wildman–Crippen MR) is 114 cm³/mol. The third-order valence-corrected chi connectivity index (χ3v) is 5.83. The number of nitrogens with zero attached hydrogens (tertiary/aromatic N) is 2. The summed E-state index contributed by atoms with van der Waals surface area (Å²) in [6, 6.07) is 8.11. The summed E-state index contributed by atoms with van der Waals surface area (Å²) in [6.07, 6.45) is 3.71. The Labute approximate surface area is 170 Å². The molecule has 150 valence electrons. The van der Waals surface area contributed by atoms with Crippen LogP contribution in [0.3, 0.4) is 0 Å². The van der Waals surface area contributed by atoms with Crippen molar-refractivity contribution in [2.24, 2.45) is 5.92 Å². The van der Waals surface area contributed by atoms with Gasteiger partial charge in [0.2, 0.25) is 11.8 Å². The second-order valence-electron chi connectivity index (χ2n) is 7.65. The van der Waals surface area contributed by atoms with Gasteiger partial charge in [-0.25, -0.2) is 4.98 Å². The number of benzene rings is 1. The van der Waals surface area contributed by atoms with Gasteiger partial charge in [0.25, 0.3) is 0 Å². The molecule has 1 aromatic heterocycles. The van der Waals surface area contributed by atoms with Gasteiger partial charge in [-0.05, 0) is 43.0 Å². The second kappa shape index (κ2) is 9.30. The minimum Gasteiger partial charge on any atom is -0.326 e. The molecular weight excluding hydrogens is 372 g/mol. The van der Waals surface area contributed by atoms with Gasteiger partial charge < -0.3 is 10.6 Å². The number of piperidine rings is 1. The molecule has 6 nitrogen and oxygen atoms in total. The Kier molecular flexibility index (Phi) is 6.80. The Morgan fingerprint density at radius 3 is 2.68 bits per heavy atom. The molecule has 28 heavy (non-hydrogen) atoms. The van der Waals surface area contributed by atoms with E-state index >= 15 is 0 Å². The van der Waals surface area contributed by atoms with E-state index in [0.717, 1.165) is 43.0 Å². The fourth-order valence-corrected chi connectivity index (χ4v) is 4.32. The summed E-state index contributed by atoms with van der Waals surface area (Å²) in [4.78, 5) is 31.5. The number of nitrogens with one attached hydrogen (secondary N) is 2. The summed E-state index contributed by atoms with van der Waals surface area (Å²) in [5.41, 5.74) is 2.12. The molecule has 2 aromatic rings. The quantitative estimate of drug-likeness (QED) is 0.766. The molecule has 3 rings (SSSR count). The molecule has 1 atom stereocenters. The van der Waals surface area contributed by atoms with Crippen LogP contribution in [-0.2, 0) is 16.1 Å². The van der Waals surface area contributed by atoms with Crippen molar-refractivity contribution in [2.45, 2.75) is 46.1 Å². The lowest BCUT2D eigenvalue weighted by Gasteiger charge is -2.31. The molecule has 0 saturated carbocycles. The van der Waals surface area contributed by atoms with Crippen molar-refractivity contribution in [1.29, 1.82) is 0 Å². The summed E-state index contributed by atoms with van der Waals surface area (Å²) in [7, 11) is 0. The zero-order valence-corrected chi connectivity index (χ0v) is 17.5. The highest BCUT2D eigenvalue weighted by molar-refractivity contribution is 7.15. The zero-order chi connectivity index (χ0) is 20.1. The standard InChI is InChI=1S/C21H28N4O2S/c1-14(2)16-6-8-18(9-7-16)24-20(27)17-5-4-10-25(12-17)13-19-11-22-21(28-19)23-15(3)26/h6-9,11,14,17H,4-5,10,12-13H2,1-3H3,(H,24,27)(H,22,23,26). The lowest BCUT2D eigenvalue weighted by molar-refractivity contribution is -0.121. The van der Waals surface area contributed by atoms with Gasteiger partial charge in [-0.2, -0.15) is 0 Å². The van der Waals surface area contributed by atoms with Crippen molar-refractivity contribution in [1.82, 2.24) is 9.88 Å². The number of carbonyl (C=O) groups excluding carboxylic acids is 2. The first-order valence-electron chi connectivity index (χ1n) is 9.76. The minimum atomic E-state index is -0.114. The number of likely N-dealkylation sites (tertiary alicyclic amines) is 1. The summed E-state index contributed by atoms with van der Waals surface area (Å²) in [5, 5.41) is 6.40. The predicted octanol–water partition coefficient (Wildman–Crippen LogP) is 4.08. The maximum atomic E-state index is 12.7. The molecule has 0 aliphatic carbocycles. The van der Waals surface area contributed by atoms with Crippen LogP contribution in [0.5, 0.6) is 0 Å². The van der Waals surface area contributed by atoms with Crippen molar-refractivity contribution in [3.63, 3.8) is 0 Å². The topological polar surface area (TPSA) is 74.3 Å². The van der Waals surface area contributed by atoms with E-state index in [1.165, 1.54) is 23.8 Å². The van der Waals surface area contributed by atoms with E-state index in [1.807, 2.05) is 12.1 Å². The smallest absolute Gasteiger partial charge is 0.228 e. The second-order valence-corrected chi connectivity index (χ2v) is 8.77. The lowest BCUT2D eigenvalue weighted by atomic mass is 9.97. The number of thiazole rings is 1. The number of carbonyl (C=O) groups is 2. The SMILES string of the molecule is CC(=O)Nc1ncc(CN2CCCC(C(=O)Nc3ccc(C(C)C)cc3)C2)s1.